The van der Waals surface area contributed by atoms with Crippen LogP contribution in [-0.4, -0.2) is 86.3 Å². The summed E-state index contributed by atoms with van der Waals surface area (Å²) in [5, 5.41) is 10.2. The van der Waals surface area contributed by atoms with Crippen LogP contribution < -0.4 is 16.0 Å². The molecule has 0 atom stereocenters. The first-order valence-corrected chi connectivity index (χ1v) is 12.8. The van der Waals surface area contributed by atoms with Crippen molar-refractivity contribution in [2.24, 2.45) is 0 Å². The van der Waals surface area contributed by atoms with Crippen LogP contribution in [0.15, 0.2) is 67.3 Å². The maximum absolute atomic E-state index is 12.3. The average molecular weight is 539 g/mol. The number of nitrogens with one attached hydrogen (secondary N) is 3. The summed E-state index contributed by atoms with van der Waals surface area (Å²) in [6.45, 7) is 3.60. The number of anilines is 4. The Hall–Kier alpha value is -4.97. The van der Waals surface area contributed by atoms with Gasteiger partial charge in [0, 0.05) is 62.3 Å². The van der Waals surface area contributed by atoms with Gasteiger partial charge in [0.1, 0.15) is 17.0 Å². The second kappa shape index (κ2) is 11.8. The number of rotatable bonds is 9. The number of likely N-dealkylation sites (N-methyl/N-ethyl adjacent to an activating group) is 1. The summed E-state index contributed by atoms with van der Waals surface area (Å²) >= 11 is 0. The second-order valence-corrected chi connectivity index (χ2v) is 9.70. The Kier molecular flexibility index (Phi) is 7.87. The van der Waals surface area contributed by atoms with Crippen LogP contribution in [0.25, 0.3) is 22.3 Å². The molecule has 1 aliphatic heterocycles. The van der Waals surface area contributed by atoms with Crippen LogP contribution in [-0.2, 0) is 9.59 Å². The zero-order valence-corrected chi connectivity index (χ0v) is 22.5. The predicted octanol–water partition coefficient (Wildman–Crippen LogP) is 2.92. The maximum Gasteiger partial charge on any atom is 0.248 e. The normalized spacial score (nSPS) is 13.4. The minimum absolute atomic E-state index is 0.0816. The third kappa shape index (κ3) is 6.53. The van der Waals surface area contributed by atoms with Gasteiger partial charge in [-0.1, -0.05) is 6.08 Å². The quantitative estimate of drug-likeness (QED) is 0.272. The molecule has 1 fully saturated rings. The van der Waals surface area contributed by atoms with Gasteiger partial charge in [-0.2, -0.15) is 0 Å². The molecule has 3 N–H and O–H groups in total. The molecule has 40 heavy (non-hydrogen) atoms. The Morgan fingerprint density at radius 3 is 2.60 bits per heavy atom. The van der Waals surface area contributed by atoms with Gasteiger partial charge in [-0.3, -0.25) is 19.6 Å². The molecule has 12 nitrogen and oxygen atoms in total. The fourth-order valence-electron chi connectivity index (χ4n) is 4.11. The number of likely N-dealkylation sites (tertiary alicyclic amines) is 1. The van der Waals surface area contributed by atoms with E-state index in [1.807, 2.05) is 37.2 Å². The smallest absolute Gasteiger partial charge is 0.248 e. The van der Waals surface area contributed by atoms with E-state index in [9.17, 15) is 9.59 Å². The van der Waals surface area contributed by atoms with Gasteiger partial charge in [-0.25, -0.2) is 15.0 Å². The van der Waals surface area contributed by atoms with E-state index in [1.165, 1.54) is 6.08 Å². The molecule has 12 heteroatoms. The summed E-state index contributed by atoms with van der Waals surface area (Å²) in [5.41, 5.74) is 3.08. The highest BCUT2D eigenvalue weighted by atomic mass is 16.2. The molecule has 0 unspecified atom stereocenters. The molecule has 5 rings (SSSR count). The van der Waals surface area contributed by atoms with Gasteiger partial charge in [-0.15, -0.1) is 0 Å². The lowest BCUT2D eigenvalue weighted by molar-refractivity contribution is -0.132. The summed E-state index contributed by atoms with van der Waals surface area (Å²) in [6, 6.07) is 9.28. The molecule has 4 aromatic rings. The van der Waals surface area contributed by atoms with Crippen LogP contribution in [0.1, 0.15) is 6.92 Å². The lowest BCUT2D eigenvalue weighted by atomic mass is 10.1. The number of hydrogen-bond donors (Lipinski definition) is 3. The monoisotopic (exact) mass is 538 g/mol. The molecule has 0 spiro atoms. The van der Waals surface area contributed by atoms with E-state index < -0.39 is 0 Å². The number of pyridine rings is 3. The number of hydrogen-bond acceptors (Lipinski definition) is 10. The van der Waals surface area contributed by atoms with Gasteiger partial charge in [0.15, 0.2) is 0 Å². The van der Waals surface area contributed by atoms with Gasteiger partial charge >= 0.3 is 0 Å². The van der Waals surface area contributed by atoms with Crippen LogP contribution in [0.2, 0.25) is 0 Å². The lowest BCUT2D eigenvalue weighted by Crippen LogP contribution is -2.56. The first kappa shape index (κ1) is 26.6. The largest absolute Gasteiger partial charge is 0.364 e. The van der Waals surface area contributed by atoms with Crippen LogP contribution in [0, 0.1) is 0 Å². The molecule has 1 saturated heterocycles. The molecule has 1 aliphatic rings. The van der Waals surface area contributed by atoms with Crippen LogP contribution in [0.4, 0.5) is 23.1 Å². The first-order valence-electron chi connectivity index (χ1n) is 12.8. The minimum Gasteiger partial charge on any atom is -0.364 e. The summed E-state index contributed by atoms with van der Waals surface area (Å²) < 4.78 is 0. The van der Waals surface area contributed by atoms with Crippen molar-refractivity contribution in [3.05, 3.63) is 67.3 Å². The molecule has 0 radical (unpaired) electrons. The fourth-order valence-corrected chi connectivity index (χ4v) is 4.11. The van der Waals surface area contributed by atoms with Gasteiger partial charge in [-0.05, 0) is 44.4 Å². The summed E-state index contributed by atoms with van der Waals surface area (Å²) in [4.78, 5) is 50.0. The number of carbonyl (C=O) groups is 2. The molecule has 2 amide bonds. The first-order chi connectivity index (χ1) is 19.3. The van der Waals surface area contributed by atoms with Crippen molar-refractivity contribution in [1.29, 1.82) is 0 Å². The third-order valence-electron chi connectivity index (χ3n) is 6.21. The number of nitrogens with zero attached hydrogens (tertiary/aromatic N) is 7. The Labute approximate surface area is 231 Å². The molecule has 0 aromatic carbocycles. The average Bonchev–Trinajstić information content (AvgIpc) is 2.90. The van der Waals surface area contributed by atoms with Crippen molar-refractivity contribution < 1.29 is 9.59 Å². The number of fused-ring (bicyclic) bond motifs is 1. The maximum atomic E-state index is 12.3. The van der Waals surface area contributed by atoms with E-state index in [2.05, 4.69) is 35.9 Å². The van der Waals surface area contributed by atoms with E-state index in [0.717, 1.165) is 16.9 Å². The Morgan fingerprint density at radius 2 is 1.85 bits per heavy atom. The van der Waals surface area contributed by atoms with Gasteiger partial charge in [0.2, 0.25) is 17.8 Å². The summed E-state index contributed by atoms with van der Waals surface area (Å²) in [5.74, 6) is 0.976. The fraction of sp³-hybridized carbons (Fsp3) is 0.250. The van der Waals surface area contributed by atoms with E-state index >= 15 is 0 Å². The van der Waals surface area contributed by atoms with Crippen molar-refractivity contribution in [2.75, 3.05) is 49.7 Å². The minimum atomic E-state index is -0.223. The molecular weight excluding hydrogens is 508 g/mol. The van der Waals surface area contributed by atoms with Crippen LogP contribution in [0.3, 0.4) is 0 Å². The molecular formula is C28H30N10O2. The lowest BCUT2D eigenvalue weighted by Gasteiger charge is -2.39. The van der Waals surface area contributed by atoms with E-state index in [1.54, 1.807) is 54.8 Å². The van der Waals surface area contributed by atoms with Crippen molar-refractivity contribution in [3.8, 4) is 11.4 Å². The number of aromatic nitrogens is 5. The predicted molar refractivity (Wildman–Crippen MR) is 154 cm³/mol. The van der Waals surface area contributed by atoms with Gasteiger partial charge < -0.3 is 25.8 Å². The third-order valence-corrected chi connectivity index (χ3v) is 6.21. The van der Waals surface area contributed by atoms with Crippen LogP contribution in [0.5, 0.6) is 0 Å². The van der Waals surface area contributed by atoms with Gasteiger partial charge in [0.05, 0.1) is 23.6 Å². The van der Waals surface area contributed by atoms with Crippen LogP contribution >= 0.6 is 0 Å². The van der Waals surface area contributed by atoms with Crippen molar-refractivity contribution >= 4 is 45.9 Å². The molecule has 0 saturated carbocycles. The topological polar surface area (TPSA) is 141 Å². The molecule has 0 bridgehead atoms. The zero-order valence-electron chi connectivity index (χ0n) is 22.5. The Bertz CT molecular complexity index is 1550. The van der Waals surface area contributed by atoms with E-state index in [-0.39, 0.29) is 17.9 Å². The Balaban J connectivity index is 1.29. The molecule has 5 heterocycles. The van der Waals surface area contributed by atoms with E-state index in [4.69, 9.17) is 4.98 Å². The summed E-state index contributed by atoms with van der Waals surface area (Å²) in [6.07, 6.45) is 10.0. The van der Waals surface area contributed by atoms with Crippen molar-refractivity contribution in [3.63, 3.8) is 0 Å². The van der Waals surface area contributed by atoms with Crippen molar-refractivity contribution in [2.45, 2.75) is 13.0 Å². The molecule has 0 aliphatic carbocycles. The van der Waals surface area contributed by atoms with E-state index in [0.29, 0.717) is 48.2 Å². The zero-order chi connectivity index (χ0) is 28.1. The highest BCUT2D eigenvalue weighted by Crippen LogP contribution is 2.26. The highest BCUT2D eigenvalue weighted by molar-refractivity contribution is 6.00. The SMILES string of the molecule is CC(=O)N1CC(Nc2ccc(Nc3ncc4ccnc(-c5cc(NC(=O)C=CCN(C)C)ccn5)c4n3)cn2)C1. The second-order valence-electron chi connectivity index (χ2n) is 9.70. The highest BCUT2D eigenvalue weighted by Gasteiger charge is 2.28. The standard InChI is InChI=1S/C28H30N10O2/c1-18(39)38-16-22(17-38)33-24-7-6-21(15-31-24)35-28-32-14-19-8-10-30-27(26(19)36-28)23-13-20(9-11-29-23)34-25(40)5-4-12-37(2)3/h4-11,13-15,22H,12,16-17H2,1-3H3,(H,31,33)(H,29,34,40)(H,32,35,36). The van der Waals surface area contributed by atoms with Crippen molar-refractivity contribution in [1.82, 2.24) is 34.7 Å². The number of carbonyl (C=O) groups excluding carboxylic acids is 2. The summed E-state index contributed by atoms with van der Waals surface area (Å²) in [7, 11) is 3.87. The molecule has 4 aromatic heterocycles. The van der Waals surface area contributed by atoms with Gasteiger partial charge in [0.25, 0.3) is 0 Å². The molecule has 204 valence electrons. The Morgan fingerprint density at radius 1 is 1.02 bits per heavy atom. The number of amides is 2.